The number of nitrogens with zero attached hydrogens (tertiary/aromatic N) is 1. The van der Waals surface area contributed by atoms with Gasteiger partial charge in [-0.25, -0.2) is 4.98 Å². The van der Waals surface area contributed by atoms with Gasteiger partial charge in [-0.05, 0) is 45.4 Å². The summed E-state index contributed by atoms with van der Waals surface area (Å²) in [6, 6.07) is 4.04. The summed E-state index contributed by atoms with van der Waals surface area (Å²) in [5.74, 6) is 1.61. The molecule has 3 heterocycles. The molecule has 6 heteroatoms. The second-order valence-corrected chi connectivity index (χ2v) is 5.74. The van der Waals surface area contributed by atoms with Crippen molar-refractivity contribution in [3.8, 4) is 11.7 Å². The molecule has 1 amide bonds. The number of hydrogen-bond acceptors (Lipinski definition) is 5. The smallest absolute Gasteiger partial charge is 0.263 e. The Hall–Kier alpha value is -2.08. The van der Waals surface area contributed by atoms with Gasteiger partial charge in [0.05, 0.1) is 18.4 Å². The molecule has 2 aromatic heterocycles. The molecule has 2 aromatic rings. The third kappa shape index (κ3) is 3.22. The molecular weight excluding hydrogens is 282 g/mol. The Balaban J connectivity index is 1.64. The first-order valence-corrected chi connectivity index (χ1v) is 7.66. The van der Waals surface area contributed by atoms with Crippen molar-refractivity contribution in [1.29, 1.82) is 0 Å². The highest BCUT2D eigenvalue weighted by atomic mass is 16.4. The Morgan fingerprint density at radius 2 is 2.41 bits per heavy atom. The standard InChI is InChI=1S/C16H21N3O3/c1-10-12(5-3-7-17-10)18-15(20)9-13-11(2)22-16(19-13)14-6-4-8-21-14/h4,6,8,10,12,17H,3,5,7,9H2,1-2H3,(H,18,20). The van der Waals surface area contributed by atoms with Crippen LogP contribution in [0.5, 0.6) is 0 Å². The van der Waals surface area contributed by atoms with E-state index in [2.05, 4.69) is 22.5 Å². The molecular formula is C16H21N3O3. The highest BCUT2D eigenvalue weighted by Crippen LogP contribution is 2.22. The SMILES string of the molecule is Cc1oc(-c2ccco2)nc1CC(=O)NC1CCCNC1C. The lowest BCUT2D eigenvalue weighted by Crippen LogP contribution is -2.52. The van der Waals surface area contributed by atoms with Crippen molar-refractivity contribution in [3.63, 3.8) is 0 Å². The largest absolute Gasteiger partial charge is 0.459 e. The van der Waals surface area contributed by atoms with Crippen LogP contribution in [0.1, 0.15) is 31.2 Å². The van der Waals surface area contributed by atoms with Crippen molar-refractivity contribution >= 4 is 5.91 Å². The number of hydrogen-bond donors (Lipinski definition) is 2. The van der Waals surface area contributed by atoms with Gasteiger partial charge in [-0.2, -0.15) is 0 Å². The van der Waals surface area contributed by atoms with Crippen LogP contribution in [0, 0.1) is 6.92 Å². The molecule has 1 aliphatic heterocycles. The first kappa shape index (κ1) is 14.8. The number of carbonyl (C=O) groups excluding carboxylic acids is 1. The minimum atomic E-state index is -0.0251. The number of piperidine rings is 1. The maximum Gasteiger partial charge on any atom is 0.263 e. The van der Waals surface area contributed by atoms with Gasteiger partial charge in [-0.3, -0.25) is 4.79 Å². The monoisotopic (exact) mass is 303 g/mol. The fraction of sp³-hybridized carbons (Fsp3) is 0.500. The van der Waals surface area contributed by atoms with Crippen LogP contribution >= 0.6 is 0 Å². The summed E-state index contributed by atoms with van der Waals surface area (Å²) in [4.78, 5) is 16.6. The average Bonchev–Trinajstić information content (AvgIpc) is 3.12. The first-order chi connectivity index (χ1) is 10.6. The highest BCUT2D eigenvalue weighted by Gasteiger charge is 2.23. The molecule has 0 bridgehead atoms. The van der Waals surface area contributed by atoms with Crippen LogP contribution in [0.15, 0.2) is 27.2 Å². The number of amides is 1. The van der Waals surface area contributed by atoms with Gasteiger partial charge in [0.15, 0.2) is 5.76 Å². The fourth-order valence-corrected chi connectivity index (χ4v) is 2.75. The van der Waals surface area contributed by atoms with E-state index in [1.54, 1.807) is 18.4 Å². The molecule has 0 aliphatic carbocycles. The predicted molar refractivity (Wildman–Crippen MR) is 81.3 cm³/mol. The molecule has 1 fully saturated rings. The second kappa shape index (κ2) is 6.36. The lowest BCUT2D eigenvalue weighted by Gasteiger charge is -2.30. The van der Waals surface area contributed by atoms with Crippen molar-refractivity contribution in [2.45, 2.75) is 45.2 Å². The van der Waals surface area contributed by atoms with Crippen LogP contribution in [0.3, 0.4) is 0 Å². The summed E-state index contributed by atoms with van der Waals surface area (Å²) >= 11 is 0. The Morgan fingerprint density at radius 3 is 3.14 bits per heavy atom. The van der Waals surface area contributed by atoms with Crippen molar-refractivity contribution < 1.29 is 13.6 Å². The van der Waals surface area contributed by atoms with Crippen LogP contribution in [0.4, 0.5) is 0 Å². The van der Waals surface area contributed by atoms with E-state index in [9.17, 15) is 4.79 Å². The number of rotatable bonds is 4. The molecule has 2 unspecified atom stereocenters. The maximum atomic E-state index is 12.2. The topological polar surface area (TPSA) is 80.3 Å². The zero-order chi connectivity index (χ0) is 15.5. The zero-order valence-electron chi connectivity index (χ0n) is 12.9. The minimum absolute atomic E-state index is 0.0251. The zero-order valence-corrected chi connectivity index (χ0v) is 12.9. The normalized spacial score (nSPS) is 21.7. The number of carbonyl (C=O) groups is 1. The number of furan rings is 1. The molecule has 0 spiro atoms. The molecule has 3 rings (SSSR count). The summed E-state index contributed by atoms with van der Waals surface area (Å²) in [7, 11) is 0. The average molecular weight is 303 g/mol. The van der Waals surface area contributed by atoms with Gasteiger partial charge in [0.2, 0.25) is 5.91 Å². The Morgan fingerprint density at radius 1 is 1.55 bits per heavy atom. The van der Waals surface area contributed by atoms with E-state index >= 15 is 0 Å². The van der Waals surface area contributed by atoms with Crippen molar-refractivity contribution in [3.05, 3.63) is 29.9 Å². The van der Waals surface area contributed by atoms with Gasteiger partial charge >= 0.3 is 0 Å². The summed E-state index contributed by atoms with van der Waals surface area (Å²) in [5.41, 5.74) is 0.653. The second-order valence-electron chi connectivity index (χ2n) is 5.74. The van der Waals surface area contributed by atoms with Gasteiger partial charge in [-0.1, -0.05) is 0 Å². The summed E-state index contributed by atoms with van der Waals surface area (Å²) in [5, 5.41) is 6.46. The van der Waals surface area contributed by atoms with Crippen molar-refractivity contribution in [2.24, 2.45) is 0 Å². The molecule has 2 N–H and O–H groups in total. The molecule has 2 atom stereocenters. The van der Waals surface area contributed by atoms with Gasteiger partial charge < -0.3 is 19.5 Å². The van der Waals surface area contributed by atoms with Crippen LogP contribution in [0.25, 0.3) is 11.7 Å². The van der Waals surface area contributed by atoms with Gasteiger partial charge in [-0.15, -0.1) is 0 Å². The summed E-state index contributed by atoms with van der Waals surface area (Å²) in [6.07, 6.45) is 3.88. The maximum absolute atomic E-state index is 12.2. The third-order valence-corrected chi connectivity index (χ3v) is 4.06. The number of aryl methyl sites for hydroxylation is 1. The lowest BCUT2D eigenvalue weighted by atomic mass is 9.99. The number of nitrogens with one attached hydrogen (secondary N) is 2. The molecule has 1 saturated heterocycles. The van der Waals surface area contributed by atoms with Crippen LogP contribution in [0.2, 0.25) is 0 Å². The van der Waals surface area contributed by atoms with Gasteiger partial charge in [0.1, 0.15) is 5.76 Å². The van der Waals surface area contributed by atoms with Crippen LogP contribution in [-0.2, 0) is 11.2 Å². The van der Waals surface area contributed by atoms with Crippen LogP contribution in [-0.4, -0.2) is 29.5 Å². The molecule has 1 aliphatic rings. The lowest BCUT2D eigenvalue weighted by molar-refractivity contribution is -0.121. The first-order valence-electron chi connectivity index (χ1n) is 7.66. The Labute approximate surface area is 129 Å². The van der Waals surface area contributed by atoms with E-state index in [4.69, 9.17) is 8.83 Å². The molecule has 22 heavy (non-hydrogen) atoms. The van der Waals surface area contributed by atoms with E-state index in [0.717, 1.165) is 19.4 Å². The minimum Gasteiger partial charge on any atom is -0.459 e. The predicted octanol–water partition coefficient (Wildman–Crippen LogP) is 2.04. The summed E-state index contributed by atoms with van der Waals surface area (Å²) in [6.45, 7) is 4.93. The van der Waals surface area contributed by atoms with Gasteiger partial charge in [0.25, 0.3) is 5.89 Å². The molecule has 118 valence electrons. The van der Waals surface area contributed by atoms with E-state index < -0.39 is 0 Å². The van der Waals surface area contributed by atoms with E-state index in [-0.39, 0.29) is 18.4 Å². The fourth-order valence-electron chi connectivity index (χ4n) is 2.75. The van der Waals surface area contributed by atoms with Crippen molar-refractivity contribution in [1.82, 2.24) is 15.6 Å². The molecule has 0 saturated carbocycles. The quantitative estimate of drug-likeness (QED) is 0.903. The number of aromatic nitrogens is 1. The Bertz CT molecular complexity index is 633. The van der Waals surface area contributed by atoms with E-state index in [0.29, 0.717) is 29.1 Å². The highest BCUT2D eigenvalue weighted by molar-refractivity contribution is 5.78. The van der Waals surface area contributed by atoms with E-state index in [1.165, 1.54) is 0 Å². The molecule has 0 radical (unpaired) electrons. The van der Waals surface area contributed by atoms with Crippen LogP contribution < -0.4 is 10.6 Å². The summed E-state index contributed by atoms with van der Waals surface area (Å²) < 4.78 is 10.8. The third-order valence-electron chi connectivity index (χ3n) is 4.06. The Kier molecular flexibility index (Phi) is 4.29. The van der Waals surface area contributed by atoms with Crippen molar-refractivity contribution in [2.75, 3.05) is 6.54 Å². The van der Waals surface area contributed by atoms with Gasteiger partial charge in [0, 0.05) is 12.1 Å². The number of oxazole rings is 1. The molecule has 6 nitrogen and oxygen atoms in total. The molecule has 0 aromatic carbocycles. The van der Waals surface area contributed by atoms with E-state index in [1.807, 2.05) is 6.92 Å².